The van der Waals surface area contributed by atoms with E-state index in [9.17, 15) is 9.59 Å². The Labute approximate surface area is 135 Å². The number of carbonyl (C=O) groups excluding carboxylic acids is 2. The first kappa shape index (κ1) is 18.5. The molecule has 1 rings (SSSR count). The fraction of sp³-hybridized carbons (Fsp3) is 0.438. The lowest BCUT2D eigenvalue weighted by Crippen LogP contribution is -2.47. The summed E-state index contributed by atoms with van der Waals surface area (Å²) < 4.78 is 4.72. The van der Waals surface area contributed by atoms with Crippen molar-refractivity contribution in [3.63, 3.8) is 0 Å². The number of oxime groups is 1. The van der Waals surface area contributed by atoms with Crippen molar-refractivity contribution in [2.45, 2.75) is 33.2 Å². The van der Waals surface area contributed by atoms with E-state index in [0.29, 0.717) is 11.4 Å². The number of benzene rings is 1. The van der Waals surface area contributed by atoms with E-state index in [1.165, 1.54) is 7.11 Å². The Bertz CT molecular complexity index is 569. The number of amides is 2. The lowest BCUT2D eigenvalue weighted by molar-refractivity contribution is -0.144. The number of esters is 1. The third-order valence-corrected chi connectivity index (χ3v) is 3.67. The van der Waals surface area contributed by atoms with Gasteiger partial charge in [-0.05, 0) is 30.5 Å². The van der Waals surface area contributed by atoms with Crippen LogP contribution in [0.3, 0.4) is 0 Å². The summed E-state index contributed by atoms with van der Waals surface area (Å²) in [6, 6.07) is 5.61. The first-order chi connectivity index (χ1) is 10.9. The van der Waals surface area contributed by atoms with Crippen molar-refractivity contribution >= 4 is 23.4 Å². The predicted molar refractivity (Wildman–Crippen MR) is 87.9 cm³/mol. The standard InChI is InChI=1S/C16H23N3O4/c1-5-10(2)14(15(20)23-4)18-16(21)17-13-8-6-12(7-9-13)11(3)19-22/h6-10,14,22H,5H2,1-4H3,(H2,17,18,21). The molecule has 23 heavy (non-hydrogen) atoms. The Kier molecular flexibility index (Phi) is 7.05. The molecule has 3 N–H and O–H groups in total. The van der Waals surface area contributed by atoms with E-state index >= 15 is 0 Å². The van der Waals surface area contributed by atoms with E-state index in [1.807, 2.05) is 13.8 Å². The van der Waals surface area contributed by atoms with Crippen LogP contribution < -0.4 is 10.6 Å². The number of ether oxygens (including phenoxy) is 1. The zero-order valence-corrected chi connectivity index (χ0v) is 13.8. The second-order valence-electron chi connectivity index (χ2n) is 5.25. The molecule has 1 aromatic carbocycles. The van der Waals surface area contributed by atoms with E-state index in [2.05, 4.69) is 15.8 Å². The van der Waals surface area contributed by atoms with Crippen LogP contribution in [0, 0.1) is 5.92 Å². The van der Waals surface area contributed by atoms with Crippen LogP contribution in [0.4, 0.5) is 10.5 Å². The number of carbonyl (C=O) groups is 2. The number of methoxy groups -OCH3 is 1. The topological polar surface area (TPSA) is 100 Å². The summed E-state index contributed by atoms with van der Waals surface area (Å²) in [5, 5.41) is 17.1. The molecule has 0 aromatic heterocycles. The van der Waals surface area contributed by atoms with E-state index < -0.39 is 18.0 Å². The zero-order valence-electron chi connectivity index (χ0n) is 13.8. The minimum atomic E-state index is -0.701. The normalized spacial score (nSPS) is 13.8. The van der Waals surface area contributed by atoms with Crippen LogP contribution in [0.1, 0.15) is 32.8 Å². The lowest BCUT2D eigenvalue weighted by Gasteiger charge is -2.22. The number of rotatable bonds is 6. The highest BCUT2D eigenvalue weighted by atomic mass is 16.5. The molecule has 0 fully saturated rings. The van der Waals surface area contributed by atoms with Gasteiger partial charge in [0.05, 0.1) is 12.8 Å². The van der Waals surface area contributed by atoms with Crippen LogP contribution in [-0.2, 0) is 9.53 Å². The molecule has 1 aromatic rings. The molecule has 0 heterocycles. The maximum Gasteiger partial charge on any atom is 0.328 e. The molecule has 0 aliphatic heterocycles. The average molecular weight is 321 g/mol. The summed E-state index contributed by atoms with van der Waals surface area (Å²) in [6.07, 6.45) is 0.731. The average Bonchev–Trinajstić information content (AvgIpc) is 2.58. The van der Waals surface area contributed by atoms with E-state index in [0.717, 1.165) is 12.0 Å². The Morgan fingerprint density at radius 3 is 2.39 bits per heavy atom. The Morgan fingerprint density at radius 2 is 1.91 bits per heavy atom. The smallest absolute Gasteiger partial charge is 0.328 e. The molecular formula is C16H23N3O4. The van der Waals surface area contributed by atoms with Gasteiger partial charge in [0.2, 0.25) is 0 Å². The second-order valence-corrected chi connectivity index (χ2v) is 5.25. The second kappa shape index (κ2) is 8.77. The number of hydrogen-bond donors (Lipinski definition) is 3. The van der Waals surface area contributed by atoms with Crippen LogP contribution in [0.15, 0.2) is 29.4 Å². The highest BCUT2D eigenvalue weighted by molar-refractivity contribution is 5.99. The van der Waals surface area contributed by atoms with Gasteiger partial charge in [0.25, 0.3) is 0 Å². The maximum atomic E-state index is 12.0. The van der Waals surface area contributed by atoms with Crippen molar-refractivity contribution in [3.8, 4) is 0 Å². The molecule has 0 aliphatic rings. The van der Waals surface area contributed by atoms with Gasteiger partial charge in [-0.15, -0.1) is 0 Å². The first-order valence-electron chi connectivity index (χ1n) is 7.37. The molecule has 0 aliphatic carbocycles. The molecule has 2 atom stereocenters. The number of anilines is 1. The van der Waals surface area contributed by atoms with Gasteiger partial charge in [-0.2, -0.15) is 0 Å². The molecular weight excluding hydrogens is 298 g/mol. The quantitative estimate of drug-likeness (QED) is 0.324. The van der Waals surface area contributed by atoms with Gasteiger partial charge >= 0.3 is 12.0 Å². The minimum absolute atomic E-state index is 0.0426. The van der Waals surface area contributed by atoms with Crippen LogP contribution >= 0.6 is 0 Å². The molecule has 7 nitrogen and oxygen atoms in total. The summed E-state index contributed by atoms with van der Waals surface area (Å²) in [4.78, 5) is 23.8. The van der Waals surface area contributed by atoms with Gasteiger partial charge in [-0.1, -0.05) is 37.6 Å². The molecule has 0 saturated heterocycles. The molecule has 126 valence electrons. The molecule has 2 amide bonds. The van der Waals surface area contributed by atoms with Crippen molar-refractivity contribution in [1.82, 2.24) is 5.32 Å². The summed E-state index contributed by atoms with van der Waals surface area (Å²) in [5.74, 6) is -0.515. The Morgan fingerprint density at radius 1 is 1.30 bits per heavy atom. The SMILES string of the molecule is CCC(C)C(NC(=O)Nc1ccc(C(C)=NO)cc1)C(=O)OC. The van der Waals surface area contributed by atoms with Gasteiger partial charge in [-0.3, -0.25) is 0 Å². The minimum Gasteiger partial charge on any atom is -0.467 e. The highest BCUT2D eigenvalue weighted by Gasteiger charge is 2.26. The van der Waals surface area contributed by atoms with E-state index in [1.54, 1.807) is 31.2 Å². The van der Waals surface area contributed by atoms with E-state index in [4.69, 9.17) is 9.94 Å². The largest absolute Gasteiger partial charge is 0.467 e. The summed E-state index contributed by atoms with van der Waals surface area (Å²) in [7, 11) is 1.29. The fourth-order valence-corrected chi connectivity index (χ4v) is 1.96. The molecule has 7 heteroatoms. The number of nitrogens with zero attached hydrogens (tertiary/aromatic N) is 1. The molecule has 0 radical (unpaired) electrons. The number of nitrogens with one attached hydrogen (secondary N) is 2. The van der Waals surface area contributed by atoms with Gasteiger partial charge < -0.3 is 20.6 Å². The lowest BCUT2D eigenvalue weighted by atomic mass is 9.99. The van der Waals surface area contributed by atoms with Crippen molar-refractivity contribution in [3.05, 3.63) is 29.8 Å². The van der Waals surface area contributed by atoms with Crippen molar-refractivity contribution in [1.29, 1.82) is 0 Å². The summed E-state index contributed by atoms with van der Waals surface area (Å²) >= 11 is 0. The van der Waals surface area contributed by atoms with Gasteiger partial charge in [0.1, 0.15) is 6.04 Å². The summed E-state index contributed by atoms with van der Waals surface area (Å²) in [5.41, 5.74) is 1.78. The van der Waals surface area contributed by atoms with Crippen LogP contribution in [0.2, 0.25) is 0 Å². The first-order valence-corrected chi connectivity index (χ1v) is 7.37. The predicted octanol–water partition coefficient (Wildman–Crippen LogP) is 2.59. The number of urea groups is 1. The van der Waals surface area contributed by atoms with Gasteiger partial charge in [0.15, 0.2) is 0 Å². The van der Waals surface area contributed by atoms with Crippen molar-refractivity contribution < 1.29 is 19.5 Å². The number of hydrogen-bond acceptors (Lipinski definition) is 5. The Balaban J connectivity index is 2.72. The summed E-state index contributed by atoms with van der Waals surface area (Å²) in [6.45, 7) is 5.47. The van der Waals surface area contributed by atoms with Crippen LogP contribution in [-0.4, -0.2) is 36.1 Å². The van der Waals surface area contributed by atoms with Crippen LogP contribution in [0.5, 0.6) is 0 Å². The molecule has 0 spiro atoms. The Hall–Kier alpha value is -2.57. The fourth-order valence-electron chi connectivity index (χ4n) is 1.96. The molecule has 0 bridgehead atoms. The highest BCUT2D eigenvalue weighted by Crippen LogP contribution is 2.12. The molecule has 2 unspecified atom stereocenters. The monoisotopic (exact) mass is 321 g/mol. The van der Waals surface area contributed by atoms with Crippen LogP contribution in [0.25, 0.3) is 0 Å². The third-order valence-electron chi connectivity index (χ3n) is 3.67. The molecule has 0 saturated carbocycles. The third kappa shape index (κ3) is 5.28. The van der Waals surface area contributed by atoms with Gasteiger partial charge in [-0.25, -0.2) is 9.59 Å². The van der Waals surface area contributed by atoms with Crippen molar-refractivity contribution in [2.75, 3.05) is 12.4 Å². The van der Waals surface area contributed by atoms with Crippen molar-refractivity contribution in [2.24, 2.45) is 11.1 Å². The van der Waals surface area contributed by atoms with Gasteiger partial charge in [0, 0.05) is 5.69 Å². The zero-order chi connectivity index (χ0) is 17.4. The maximum absolute atomic E-state index is 12.0. The van der Waals surface area contributed by atoms with E-state index in [-0.39, 0.29) is 5.92 Å².